The van der Waals surface area contributed by atoms with Crippen LogP contribution in [0.4, 0.5) is 0 Å². The Morgan fingerprint density at radius 1 is 1.59 bits per heavy atom. The number of rotatable bonds is 4. The molecule has 1 N–H and O–H groups in total. The molecule has 114 valence electrons. The standard InChI is InChI=1S/C12H15BN6O2S/c1-7-8(3-13)5-22(2)12-10(11(21)19(7)12)15-9(20)4-18-6-14-16-17-18/h5-7,10,12H,2-4H2,1H3,(H,15,20). The topological polar surface area (TPSA) is 93.0 Å². The van der Waals surface area contributed by atoms with Crippen LogP contribution in [0.15, 0.2) is 17.3 Å². The molecular formula is C12H15BN6O2S. The summed E-state index contributed by atoms with van der Waals surface area (Å²) in [4.78, 5) is 26.1. The van der Waals surface area contributed by atoms with E-state index < -0.39 is 6.04 Å². The number of tetrazole rings is 1. The first-order chi connectivity index (χ1) is 10.5. The predicted octanol–water partition coefficient (Wildman–Crippen LogP) is -1.10. The van der Waals surface area contributed by atoms with Crippen molar-refractivity contribution in [2.45, 2.75) is 37.2 Å². The Balaban J connectivity index is 1.69. The lowest BCUT2D eigenvalue weighted by Crippen LogP contribution is -2.72. The maximum absolute atomic E-state index is 12.3. The lowest BCUT2D eigenvalue weighted by Gasteiger charge is -2.53. The minimum absolute atomic E-state index is 0.0200. The van der Waals surface area contributed by atoms with Crippen LogP contribution in [0, 0.1) is 0 Å². The molecule has 0 saturated carbocycles. The molecule has 1 fully saturated rings. The third-order valence-corrected chi connectivity index (χ3v) is 5.62. The molecule has 0 bridgehead atoms. The molecule has 1 aromatic heterocycles. The maximum Gasteiger partial charge on any atom is 0.249 e. The third kappa shape index (κ3) is 2.37. The predicted molar refractivity (Wildman–Crippen MR) is 83.2 cm³/mol. The molecule has 2 amide bonds. The molecule has 4 atom stereocenters. The van der Waals surface area contributed by atoms with Gasteiger partial charge in [0.2, 0.25) is 11.8 Å². The SMILES string of the molecule is [B]CC1=CS(=C)C2C(NC(=O)Cn3cnnn3)C(=O)N2C1C. The van der Waals surface area contributed by atoms with Crippen LogP contribution < -0.4 is 5.32 Å². The first kappa shape index (κ1) is 15.0. The maximum atomic E-state index is 12.3. The zero-order valence-corrected chi connectivity index (χ0v) is 12.9. The van der Waals surface area contributed by atoms with Crippen molar-refractivity contribution in [3.05, 3.63) is 17.3 Å². The van der Waals surface area contributed by atoms with Gasteiger partial charge in [0, 0.05) is 0 Å². The van der Waals surface area contributed by atoms with Gasteiger partial charge in [-0.2, -0.15) is 0 Å². The van der Waals surface area contributed by atoms with E-state index in [9.17, 15) is 9.59 Å². The molecule has 22 heavy (non-hydrogen) atoms. The second-order valence-corrected chi connectivity index (χ2v) is 6.89. The van der Waals surface area contributed by atoms with E-state index in [1.807, 2.05) is 12.3 Å². The van der Waals surface area contributed by atoms with Crippen molar-refractivity contribution >= 4 is 36.0 Å². The molecule has 10 heteroatoms. The molecule has 2 radical (unpaired) electrons. The van der Waals surface area contributed by atoms with Crippen LogP contribution in [-0.4, -0.2) is 68.1 Å². The van der Waals surface area contributed by atoms with E-state index in [4.69, 9.17) is 7.85 Å². The first-order valence-electron chi connectivity index (χ1n) is 6.77. The van der Waals surface area contributed by atoms with Crippen LogP contribution in [0.5, 0.6) is 0 Å². The number of nitrogens with one attached hydrogen (secondary N) is 1. The highest BCUT2D eigenvalue weighted by molar-refractivity contribution is 8.17. The highest BCUT2D eigenvalue weighted by Gasteiger charge is 2.52. The summed E-state index contributed by atoms with van der Waals surface area (Å²) >= 11 is 0. The number of β-lactam (4-membered cyclic amide) rings is 1. The third-order valence-electron chi connectivity index (χ3n) is 3.90. The lowest BCUT2D eigenvalue weighted by molar-refractivity contribution is -0.150. The number of amides is 2. The van der Waals surface area contributed by atoms with Crippen molar-refractivity contribution in [1.82, 2.24) is 30.4 Å². The number of hydrogen-bond acceptors (Lipinski definition) is 5. The van der Waals surface area contributed by atoms with Gasteiger partial charge in [0.1, 0.15) is 24.3 Å². The van der Waals surface area contributed by atoms with Gasteiger partial charge >= 0.3 is 0 Å². The molecule has 3 rings (SSSR count). The van der Waals surface area contributed by atoms with E-state index in [1.54, 1.807) is 4.90 Å². The van der Waals surface area contributed by atoms with Gasteiger partial charge in [0.05, 0.1) is 13.9 Å². The summed E-state index contributed by atoms with van der Waals surface area (Å²) in [6.07, 6.45) is 1.76. The van der Waals surface area contributed by atoms with Gasteiger partial charge in [-0.15, -0.1) is 15.6 Å². The summed E-state index contributed by atoms with van der Waals surface area (Å²) in [6.45, 7) is 1.92. The van der Waals surface area contributed by atoms with E-state index in [0.717, 1.165) is 5.57 Å². The molecule has 2 aliphatic rings. The van der Waals surface area contributed by atoms with Crippen molar-refractivity contribution in [3.8, 4) is 0 Å². The van der Waals surface area contributed by atoms with Crippen LogP contribution in [0.2, 0.25) is 6.32 Å². The monoisotopic (exact) mass is 318 g/mol. The summed E-state index contributed by atoms with van der Waals surface area (Å²) in [6, 6.07) is -0.580. The van der Waals surface area contributed by atoms with Crippen LogP contribution in [-0.2, 0) is 16.1 Å². The highest BCUT2D eigenvalue weighted by atomic mass is 32.2. The molecule has 0 spiro atoms. The molecule has 1 saturated heterocycles. The number of hydrogen-bond donors (Lipinski definition) is 1. The molecule has 0 aliphatic carbocycles. The van der Waals surface area contributed by atoms with Crippen molar-refractivity contribution in [1.29, 1.82) is 0 Å². The Morgan fingerprint density at radius 3 is 3.00 bits per heavy atom. The van der Waals surface area contributed by atoms with Crippen LogP contribution in [0.1, 0.15) is 6.92 Å². The molecule has 8 nitrogen and oxygen atoms in total. The Hall–Kier alpha value is -1.97. The number of fused-ring (bicyclic) bond motifs is 1. The minimum Gasteiger partial charge on any atom is -0.340 e. The van der Waals surface area contributed by atoms with Crippen LogP contribution in [0.25, 0.3) is 0 Å². The second-order valence-electron chi connectivity index (χ2n) is 5.23. The number of aromatic nitrogens is 4. The summed E-state index contributed by atoms with van der Waals surface area (Å²) in [7, 11) is 5.32. The zero-order valence-electron chi connectivity index (χ0n) is 12.0. The van der Waals surface area contributed by atoms with Gasteiger partial charge in [0.15, 0.2) is 0 Å². The minimum atomic E-state index is -0.539. The van der Waals surface area contributed by atoms with E-state index in [1.165, 1.54) is 11.0 Å². The molecule has 2 aliphatic heterocycles. The summed E-state index contributed by atoms with van der Waals surface area (Å²) in [5.74, 6) is 3.70. The van der Waals surface area contributed by atoms with Gasteiger partial charge in [-0.25, -0.2) is 4.68 Å². The van der Waals surface area contributed by atoms with Crippen LogP contribution >= 0.6 is 10.5 Å². The lowest BCUT2D eigenvalue weighted by atomic mass is 9.90. The van der Waals surface area contributed by atoms with Crippen molar-refractivity contribution in [3.63, 3.8) is 0 Å². The zero-order chi connectivity index (χ0) is 15.9. The average molecular weight is 318 g/mol. The fraction of sp³-hybridized carbons (Fsp3) is 0.500. The largest absolute Gasteiger partial charge is 0.340 e. The van der Waals surface area contributed by atoms with Crippen molar-refractivity contribution in [2.75, 3.05) is 0 Å². The summed E-state index contributed by atoms with van der Waals surface area (Å²) in [5, 5.41) is 15.2. The smallest absolute Gasteiger partial charge is 0.249 e. The number of carbonyl (C=O) groups excluding carboxylic acids is 2. The molecule has 4 unspecified atom stereocenters. The van der Waals surface area contributed by atoms with Crippen LogP contribution in [0.3, 0.4) is 0 Å². The van der Waals surface area contributed by atoms with Crippen molar-refractivity contribution < 1.29 is 9.59 Å². The molecule has 1 aromatic rings. The number of nitrogens with zero attached hydrogens (tertiary/aromatic N) is 5. The Labute approximate surface area is 131 Å². The summed E-state index contributed by atoms with van der Waals surface area (Å²) in [5.41, 5.74) is 1.02. The Bertz CT molecular complexity index is 661. The van der Waals surface area contributed by atoms with Gasteiger partial charge in [-0.1, -0.05) is 17.8 Å². The van der Waals surface area contributed by atoms with E-state index in [-0.39, 0.29) is 40.3 Å². The van der Waals surface area contributed by atoms with Gasteiger partial charge in [-0.05, 0) is 22.8 Å². The van der Waals surface area contributed by atoms with E-state index >= 15 is 0 Å². The van der Waals surface area contributed by atoms with Gasteiger partial charge in [-0.3, -0.25) is 9.59 Å². The highest BCUT2D eigenvalue weighted by Crippen LogP contribution is 2.43. The molecule has 3 heterocycles. The molecular weight excluding hydrogens is 303 g/mol. The quantitative estimate of drug-likeness (QED) is 0.432. The van der Waals surface area contributed by atoms with Gasteiger partial charge < -0.3 is 10.2 Å². The van der Waals surface area contributed by atoms with Crippen molar-refractivity contribution in [2.24, 2.45) is 0 Å². The Morgan fingerprint density at radius 2 is 2.36 bits per heavy atom. The molecule has 0 aromatic carbocycles. The van der Waals surface area contributed by atoms with E-state index in [0.29, 0.717) is 6.32 Å². The average Bonchev–Trinajstić information content (AvgIpc) is 2.98. The van der Waals surface area contributed by atoms with Gasteiger partial charge in [0.25, 0.3) is 0 Å². The summed E-state index contributed by atoms with van der Waals surface area (Å²) < 4.78 is 1.30. The normalized spacial score (nSPS) is 30.3. The fourth-order valence-electron chi connectivity index (χ4n) is 2.73. The number of carbonyl (C=O) groups is 2. The van der Waals surface area contributed by atoms with E-state index in [2.05, 4.69) is 26.7 Å². The first-order valence-corrected chi connectivity index (χ1v) is 8.29. The fourth-order valence-corrected chi connectivity index (χ4v) is 4.66. The Kier molecular flexibility index (Phi) is 3.86. The second kappa shape index (κ2) is 5.67.